The zero-order chi connectivity index (χ0) is 15.9. The quantitative estimate of drug-likeness (QED) is 0.484. The van der Waals surface area contributed by atoms with Gasteiger partial charge in [-0.3, -0.25) is 9.59 Å². The van der Waals surface area contributed by atoms with E-state index in [0.29, 0.717) is 42.8 Å². The number of carbonyl (C=O) groups excluding carboxylic acids is 2. The molecule has 1 aromatic heterocycles. The molecule has 0 aliphatic carbocycles. The molecule has 2 rings (SSSR count). The fourth-order valence-electron chi connectivity index (χ4n) is 2.15. The van der Waals surface area contributed by atoms with Crippen LogP contribution in [0.2, 0.25) is 0 Å². The maximum absolute atomic E-state index is 12.3. The lowest BCUT2D eigenvalue weighted by atomic mass is 10.1. The van der Waals surface area contributed by atoms with Crippen LogP contribution in [0.25, 0.3) is 0 Å². The minimum atomic E-state index is -0.187. The van der Waals surface area contributed by atoms with Crippen LogP contribution in [0.4, 0.5) is 5.69 Å². The largest absolute Gasteiger partial charge is 0.466 e. The first-order chi connectivity index (χ1) is 10.6. The molecule has 22 heavy (non-hydrogen) atoms. The zero-order valence-electron chi connectivity index (χ0n) is 12.6. The van der Waals surface area contributed by atoms with Gasteiger partial charge in [-0.15, -0.1) is 0 Å². The van der Waals surface area contributed by atoms with Crippen molar-refractivity contribution in [1.82, 2.24) is 4.57 Å². The molecule has 1 heterocycles. The second-order valence-corrected chi connectivity index (χ2v) is 5.00. The van der Waals surface area contributed by atoms with E-state index in [9.17, 15) is 9.59 Å². The van der Waals surface area contributed by atoms with Crippen LogP contribution >= 0.6 is 0 Å². The number of ketones is 1. The van der Waals surface area contributed by atoms with Crippen molar-refractivity contribution in [1.29, 1.82) is 0 Å². The van der Waals surface area contributed by atoms with E-state index in [1.165, 1.54) is 0 Å². The van der Waals surface area contributed by atoms with E-state index in [1.807, 2.05) is 10.8 Å². The van der Waals surface area contributed by atoms with Crippen LogP contribution in [0.3, 0.4) is 0 Å². The first-order valence-corrected chi connectivity index (χ1v) is 7.32. The predicted octanol–water partition coefficient (Wildman–Crippen LogP) is 2.64. The van der Waals surface area contributed by atoms with E-state index in [1.54, 1.807) is 43.5 Å². The van der Waals surface area contributed by atoms with Crippen molar-refractivity contribution in [2.24, 2.45) is 0 Å². The Morgan fingerprint density at radius 3 is 2.55 bits per heavy atom. The molecule has 0 saturated carbocycles. The Hall–Kier alpha value is -2.56. The van der Waals surface area contributed by atoms with Crippen molar-refractivity contribution in [3.63, 3.8) is 0 Å². The summed E-state index contributed by atoms with van der Waals surface area (Å²) in [5.41, 5.74) is 7.49. The Morgan fingerprint density at radius 2 is 1.86 bits per heavy atom. The number of ether oxygens (including phenoxy) is 1. The third kappa shape index (κ3) is 4.22. The van der Waals surface area contributed by atoms with Crippen molar-refractivity contribution in [2.75, 3.05) is 12.3 Å². The first-order valence-electron chi connectivity index (χ1n) is 7.32. The van der Waals surface area contributed by atoms with Crippen molar-refractivity contribution in [3.05, 3.63) is 53.9 Å². The van der Waals surface area contributed by atoms with Crippen LogP contribution in [0, 0.1) is 0 Å². The summed E-state index contributed by atoms with van der Waals surface area (Å²) in [6.07, 6.45) is 4.70. The van der Waals surface area contributed by atoms with Gasteiger partial charge < -0.3 is 15.0 Å². The molecule has 0 unspecified atom stereocenters. The van der Waals surface area contributed by atoms with Gasteiger partial charge in [0, 0.05) is 42.2 Å². The lowest BCUT2D eigenvalue weighted by Crippen LogP contribution is -2.06. The molecule has 2 aromatic rings. The SMILES string of the molecule is CCOC(=O)CCCn1ccc(C(=O)c2ccc(N)cc2)c1. The van der Waals surface area contributed by atoms with Gasteiger partial charge in [-0.05, 0) is 43.7 Å². The molecule has 5 nitrogen and oxygen atoms in total. The molecule has 0 bridgehead atoms. The number of nitrogens with zero attached hydrogens (tertiary/aromatic N) is 1. The van der Waals surface area contributed by atoms with Crippen molar-refractivity contribution < 1.29 is 14.3 Å². The van der Waals surface area contributed by atoms with E-state index in [0.717, 1.165) is 0 Å². The Labute approximate surface area is 129 Å². The third-order valence-electron chi connectivity index (χ3n) is 3.29. The number of rotatable bonds is 7. The van der Waals surface area contributed by atoms with Crippen LogP contribution in [-0.4, -0.2) is 22.9 Å². The summed E-state index contributed by atoms with van der Waals surface area (Å²) in [4.78, 5) is 23.6. The summed E-state index contributed by atoms with van der Waals surface area (Å²) >= 11 is 0. The van der Waals surface area contributed by atoms with Crippen LogP contribution in [0.1, 0.15) is 35.7 Å². The van der Waals surface area contributed by atoms with Gasteiger partial charge >= 0.3 is 5.97 Å². The normalized spacial score (nSPS) is 10.4. The Morgan fingerprint density at radius 1 is 1.14 bits per heavy atom. The smallest absolute Gasteiger partial charge is 0.305 e. The van der Waals surface area contributed by atoms with Gasteiger partial charge in [0.15, 0.2) is 5.78 Å². The van der Waals surface area contributed by atoms with E-state index in [2.05, 4.69) is 0 Å². The number of hydrogen-bond donors (Lipinski definition) is 1. The van der Waals surface area contributed by atoms with Gasteiger partial charge in [-0.2, -0.15) is 0 Å². The van der Waals surface area contributed by atoms with Gasteiger partial charge in [0.2, 0.25) is 0 Å². The summed E-state index contributed by atoms with van der Waals surface area (Å²) in [5.74, 6) is -0.225. The minimum absolute atomic E-state index is 0.0378. The molecular weight excluding hydrogens is 280 g/mol. The molecule has 0 fully saturated rings. The van der Waals surface area contributed by atoms with Gasteiger partial charge in [0.1, 0.15) is 0 Å². The minimum Gasteiger partial charge on any atom is -0.466 e. The maximum atomic E-state index is 12.3. The summed E-state index contributed by atoms with van der Waals surface area (Å²) in [6, 6.07) is 8.64. The first kappa shape index (κ1) is 15.8. The lowest BCUT2D eigenvalue weighted by Gasteiger charge is -2.03. The molecule has 1 aromatic carbocycles. The van der Waals surface area contributed by atoms with Crippen molar-refractivity contribution in [2.45, 2.75) is 26.3 Å². The fourth-order valence-corrected chi connectivity index (χ4v) is 2.15. The van der Waals surface area contributed by atoms with Crippen molar-refractivity contribution in [3.8, 4) is 0 Å². The van der Waals surface area contributed by atoms with Gasteiger partial charge in [-0.25, -0.2) is 0 Å². The van der Waals surface area contributed by atoms with Crippen LogP contribution in [0.5, 0.6) is 0 Å². The van der Waals surface area contributed by atoms with Gasteiger partial charge in [-0.1, -0.05) is 0 Å². The molecule has 0 saturated heterocycles. The van der Waals surface area contributed by atoms with Crippen LogP contribution < -0.4 is 5.73 Å². The molecule has 0 amide bonds. The summed E-state index contributed by atoms with van der Waals surface area (Å²) in [5, 5.41) is 0. The molecule has 0 spiro atoms. The maximum Gasteiger partial charge on any atom is 0.305 e. The predicted molar refractivity (Wildman–Crippen MR) is 84.6 cm³/mol. The summed E-state index contributed by atoms with van der Waals surface area (Å²) < 4.78 is 6.78. The fraction of sp³-hybridized carbons (Fsp3) is 0.294. The monoisotopic (exact) mass is 300 g/mol. The molecule has 116 valence electrons. The second-order valence-electron chi connectivity index (χ2n) is 5.00. The molecule has 0 aliphatic heterocycles. The molecule has 5 heteroatoms. The molecule has 2 N–H and O–H groups in total. The highest BCUT2D eigenvalue weighted by Gasteiger charge is 2.10. The number of aryl methyl sites for hydroxylation is 1. The lowest BCUT2D eigenvalue weighted by molar-refractivity contribution is -0.143. The standard InChI is InChI=1S/C17H20N2O3/c1-2-22-16(20)4-3-10-19-11-9-14(12-19)17(21)13-5-7-15(18)8-6-13/h5-9,11-12H,2-4,10,18H2,1H3. The Balaban J connectivity index is 1.92. The number of benzene rings is 1. The van der Waals surface area contributed by atoms with Gasteiger partial charge in [0.05, 0.1) is 6.61 Å². The highest BCUT2D eigenvalue weighted by atomic mass is 16.5. The third-order valence-corrected chi connectivity index (χ3v) is 3.29. The number of aromatic nitrogens is 1. The molecular formula is C17H20N2O3. The number of anilines is 1. The number of nitrogen functional groups attached to an aromatic ring is 1. The van der Waals surface area contributed by atoms with Crippen LogP contribution in [0.15, 0.2) is 42.7 Å². The molecule has 0 atom stereocenters. The average Bonchev–Trinajstić information content (AvgIpc) is 2.96. The zero-order valence-corrected chi connectivity index (χ0v) is 12.6. The molecule has 0 aliphatic rings. The van der Waals surface area contributed by atoms with E-state index in [-0.39, 0.29) is 11.8 Å². The van der Waals surface area contributed by atoms with Crippen molar-refractivity contribution >= 4 is 17.4 Å². The highest BCUT2D eigenvalue weighted by molar-refractivity contribution is 6.09. The summed E-state index contributed by atoms with van der Waals surface area (Å²) in [7, 11) is 0. The Kier molecular flexibility index (Phi) is 5.36. The molecule has 0 radical (unpaired) electrons. The number of nitrogens with two attached hydrogens (primary N) is 1. The number of hydrogen-bond acceptors (Lipinski definition) is 4. The highest BCUT2D eigenvalue weighted by Crippen LogP contribution is 2.13. The van der Waals surface area contributed by atoms with E-state index >= 15 is 0 Å². The number of esters is 1. The second kappa shape index (κ2) is 7.45. The van der Waals surface area contributed by atoms with E-state index in [4.69, 9.17) is 10.5 Å². The topological polar surface area (TPSA) is 74.3 Å². The van der Waals surface area contributed by atoms with Gasteiger partial charge in [0.25, 0.3) is 0 Å². The van der Waals surface area contributed by atoms with Crippen LogP contribution in [-0.2, 0) is 16.1 Å². The summed E-state index contributed by atoms with van der Waals surface area (Å²) in [6.45, 7) is 2.87. The average molecular weight is 300 g/mol. The Bertz CT molecular complexity index is 644. The number of carbonyl (C=O) groups is 2. The van der Waals surface area contributed by atoms with E-state index < -0.39 is 0 Å².